The van der Waals surface area contributed by atoms with Gasteiger partial charge in [0.25, 0.3) is 11.6 Å². The number of non-ortho nitro benzene ring substituents is 1. The van der Waals surface area contributed by atoms with Crippen molar-refractivity contribution in [2.45, 2.75) is 10.1 Å². The van der Waals surface area contributed by atoms with Crippen molar-refractivity contribution < 1.29 is 22.3 Å². The fourth-order valence-corrected chi connectivity index (χ4v) is 4.47. The number of amides is 1. The maximum Gasteiger partial charge on any atom is 0.339 e. The third-order valence-electron chi connectivity index (χ3n) is 4.53. The van der Waals surface area contributed by atoms with Gasteiger partial charge < -0.3 is 9.17 Å². The number of carbonyl (C=O) groups is 1. The first-order chi connectivity index (χ1) is 16.8. The molecule has 4 aromatic rings. The van der Waals surface area contributed by atoms with Crippen molar-refractivity contribution in [3.8, 4) is 5.75 Å². The normalized spacial score (nSPS) is 11.5. The van der Waals surface area contributed by atoms with Crippen LogP contribution in [0.15, 0.2) is 87.9 Å². The van der Waals surface area contributed by atoms with E-state index in [0.29, 0.717) is 10.7 Å². The number of H-pyrrole nitrogens is 1. The first kappa shape index (κ1) is 23.9. The molecule has 1 heterocycles. The smallest absolute Gasteiger partial charge is 0.339 e. The zero-order chi connectivity index (χ0) is 24.8. The molecule has 0 fully saturated rings. The second-order valence-corrected chi connectivity index (χ2v) is 9.51. The Morgan fingerprint density at radius 2 is 1.83 bits per heavy atom. The van der Waals surface area contributed by atoms with E-state index in [1.54, 1.807) is 12.1 Å². The van der Waals surface area contributed by atoms with Crippen LogP contribution in [-0.2, 0) is 14.9 Å². The number of benzene rings is 3. The van der Waals surface area contributed by atoms with Crippen molar-refractivity contribution in [3.63, 3.8) is 0 Å². The number of aromatic amines is 1. The van der Waals surface area contributed by atoms with Gasteiger partial charge in [-0.3, -0.25) is 14.9 Å². The topological polar surface area (TPSA) is 157 Å². The highest BCUT2D eigenvalue weighted by molar-refractivity contribution is 7.99. The third kappa shape index (κ3) is 6.22. The van der Waals surface area contributed by atoms with Crippen LogP contribution in [0, 0.1) is 10.1 Å². The molecule has 0 saturated carbocycles. The lowest BCUT2D eigenvalue weighted by atomic mass is 10.2. The fraction of sp³-hybridized carbons (Fsp3) is 0.0455. The predicted molar refractivity (Wildman–Crippen MR) is 130 cm³/mol. The van der Waals surface area contributed by atoms with Gasteiger partial charge in [-0.1, -0.05) is 23.9 Å². The predicted octanol–water partition coefficient (Wildman–Crippen LogP) is 3.48. The molecule has 0 radical (unpaired) electrons. The van der Waals surface area contributed by atoms with Gasteiger partial charge in [0, 0.05) is 12.1 Å². The molecule has 3 aromatic carbocycles. The number of hydrogen-bond donors (Lipinski definition) is 2. The van der Waals surface area contributed by atoms with Crippen LogP contribution in [0.2, 0.25) is 0 Å². The number of nitrogens with one attached hydrogen (secondary N) is 2. The molecule has 35 heavy (non-hydrogen) atoms. The van der Waals surface area contributed by atoms with Gasteiger partial charge in [-0.25, -0.2) is 10.4 Å². The zero-order valence-corrected chi connectivity index (χ0v) is 19.5. The number of rotatable bonds is 9. The number of imidazole rings is 1. The maximum atomic E-state index is 12.4. The summed E-state index contributed by atoms with van der Waals surface area (Å²) < 4.78 is 29.8. The highest BCUT2D eigenvalue weighted by Crippen LogP contribution is 2.21. The first-order valence-electron chi connectivity index (χ1n) is 9.99. The molecule has 0 unspecified atom stereocenters. The standard InChI is InChI=1S/C22H17N5O6S2/c28-21(14-34-22-24-19-3-1-2-4-20(19)25-22)26-23-13-15-5-9-17(10-6-15)33-35(31,32)18-11-7-16(8-12-18)27(29)30/h1-13H,14H2,(H,24,25)(H,26,28)/b23-13-. The lowest BCUT2D eigenvalue weighted by molar-refractivity contribution is -0.384. The van der Waals surface area contributed by atoms with Crippen LogP contribution in [0.1, 0.15) is 5.56 Å². The third-order valence-corrected chi connectivity index (χ3v) is 6.67. The van der Waals surface area contributed by atoms with E-state index in [4.69, 9.17) is 4.18 Å². The molecule has 0 atom stereocenters. The van der Waals surface area contributed by atoms with Gasteiger partial charge >= 0.3 is 10.1 Å². The summed E-state index contributed by atoms with van der Waals surface area (Å²) >= 11 is 1.25. The first-order valence-corrected chi connectivity index (χ1v) is 12.4. The van der Waals surface area contributed by atoms with Crippen molar-refractivity contribution in [2.75, 3.05) is 5.75 Å². The largest absolute Gasteiger partial charge is 0.379 e. The number of para-hydroxylation sites is 2. The minimum Gasteiger partial charge on any atom is -0.379 e. The van der Waals surface area contributed by atoms with Gasteiger partial charge in [0.15, 0.2) is 5.16 Å². The second-order valence-electron chi connectivity index (χ2n) is 7.00. The Labute approximate surface area is 203 Å². The number of nitro benzene ring substituents is 1. The molecule has 0 aliphatic rings. The SMILES string of the molecule is O=C(CSc1nc2ccccc2[nH]1)N/N=C\c1ccc(OS(=O)(=O)c2ccc([N+](=O)[O-])cc2)cc1. The molecular weight excluding hydrogens is 494 g/mol. The summed E-state index contributed by atoms with van der Waals surface area (Å²) in [7, 11) is -4.16. The summed E-state index contributed by atoms with van der Waals surface area (Å²) in [5.41, 5.74) is 4.49. The van der Waals surface area contributed by atoms with Crippen molar-refractivity contribution in [1.29, 1.82) is 0 Å². The van der Waals surface area contributed by atoms with E-state index in [0.717, 1.165) is 35.3 Å². The lowest BCUT2D eigenvalue weighted by Crippen LogP contribution is -2.19. The monoisotopic (exact) mass is 511 g/mol. The minimum absolute atomic E-state index is 0.0479. The molecule has 1 aromatic heterocycles. The van der Waals surface area contributed by atoms with Crippen molar-refractivity contribution in [2.24, 2.45) is 5.10 Å². The van der Waals surface area contributed by atoms with Gasteiger partial charge in [0.1, 0.15) is 10.6 Å². The average Bonchev–Trinajstić information content (AvgIpc) is 3.27. The highest BCUT2D eigenvalue weighted by Gasteiger charge is 2.18. The van der Waals surface area contributed by atoms with Gasteiger partial charge in [-0.2, -0.15) is 13.5 Å². The summed E-state index contributed by atoms with van der Waals surface area (Å²) in [6.07, 6.45) is 1.40. The molecular formula is C22H17N5O6S2. The van der Waals surface area contributed by atoms with Crippen molar-refractivity contribution >= 4 is 50.7 Å². The van der Waals surface area contributed by atoms with Crippen LogP contribution in [0.3, 0.4) is 0 Å². The number of hydrazone groups is 1. The molecule has 0 aliphatic carbocycles. The summed E-state index contributed by atoms with van der Waals surface area (Å²) in [4.78, 5) is 29.4. The Morgan fingerprint density at radius 1 is 1.11 bits per heavy atom. The van der Waals surface area contributed by atoms with E-state index in [2.05, 4.69) is 20.5 Å². The molecule has 0 saturated heterocycles. The van der Waals surface area contributed by atoms with Crippen molar-refractivity contribution in [3.05, 3.63) is 88.5 Å². The number of hydrogen-bond acceptors (Lipinski definition) is 9. The Hall–Kier alpha value is -4.23. The van der Waals surface area contributed by atoms with E-state index in [1.165, 1.54) is 30.1 Å². The van der Waals surface area contributed by atoms with Crippen LogP contribution in [-0.4, -0.2) is 41.2 Å². The van der Waals surface area contributed by atoms with Gasteiger partial charge in [0.05, 0.1) is 27.9 Å². The maximum absolute atomic E-state index is 12.4. The number of aromatic nitrogens is 2. The molecule has 4 rings (SSSR count). The Morgan fingerprint density at radius 3 is 2.51 bits per heavy atom. The average molecular weight is 512 g/mol. The molecule has 0 aliphatic heterocycles. The van der Waals surface area contributed by atoms with Crippen LogP contribution in [0.4, 0.5) is 5.69 Å². The van der Waals surface area contributed by atoms with Crippen LogP contribution < -0.4 is 9.61 Å². The quantitative estimate of drug-likeness (QED) is 0.114. The van der Waals surface area contributed by atoms with Gasteiger partial charge in [-0.15, -0.1) is 0 Å². The lowest BCUT2D eigenvalue weighted by Gasteiger charge is -2.07. The molecule has 1 amide bonds. The molecule has 11 nitrogen and oxygen atoms in total. The summed E-state index contributed by atoms with van der Waals surface area (Å²) in [5.74, 6) is -0.155. The summed E-state index contributed by atoms with van der Waals surface area (Å²) in [6, 6.07) is 17.9. The number of fused-ring (bicyclic) bond motifs is 1. The Balaban J connectivity index is 1.28. The molecule has 178 valence electrons. The number of thioether (sulfide) groups is 1. The van der Waals surface area contributed by atoms with E-state index in [1.807, 2.05) is 24.3 Å². The summed E-state index contributed by atoms with van der Waals surface area (Å²) in [5, 5.41) is 15.2. The fourth-order valence-electron chi connectivity index (χ4n) is 2.86. The molecule has 13 heteroatoms. The minimum atomic E-state index is -4.16. The highest BCUT2D eigenvalue weighted by atomic mass is 32.2. The van der Waals surface area contributed by atoms with E-state index < -0.39 is 15.0 Å². The van der Waals surface area contributed by atoms with Crippen LogP contribution in [0.25, 0.3) is 11.0 Å². The Kier molecular flexibility index (Phi) is 7.08. The number of nitro groups is 1. The van der Waals surface area contributed by atoms with E-state index in [9.17, 15) is 23.3 Å². The Bertz CT molecular complexity index is 1470. The second kappa shape index (κ2) is 10.4. The van der Waals surface area contributed by atoms with E-state index >= 15 is 0 Å². The van der Waals surface area contributed by atoms with Crippen molar-refractivity contribution in [1.82, 2.24) is 15.4 Å². The number of carbonyl (C=O) groups excluding carboxylic acids is 1. The van der Waals surface area contributed by atoms with Gasteiger partial charge in [-0.05, 0) is 54.1 Å². The summed E-state index contributed by atoms with van der Waals surface area (Å²) in [6.45, 7) is 0. The van der Waals surface area contributed by atoms with Crippen LogP contribution in [0.5, 0.6) is 5.75 Å². The van der Waals surface area contributed by atoms with E-state index in [-0.39, 0.29) is 28.0 Å². The molecule has 0 spiro atoms. The van der Waals surface area contributed by atoms with Gasteiger partial charge in [0.2, 0.25) is 0 Å². The van der Waals surface area contributed by atoms with Crippen LogP contribution >= 0.6 is 11.8 Å². The molecule has 0 bridgehead atoms. The molecule has 2 N–H and O–H groups in total. The number of nitrogens with zero attached hydrogens (tertiary/aromatic N) is 3. The zero-order valence-electron chi connectivity index (χ0n) is 17.8.